The fourth-order valence-corrected chi connectivity index (χ4v) is 1.76. The monoisotopic (exact) mass is 268 g/mol. The number of amides is 2. The average molecular weight is 268 g/mol. The maximum atomic E-state index is 11.8. The van der Waals surface area contributed by atoms with Gasteiger partial charge in [-0.25, -0.2) is 4.79 Å². The maximum absolute atomic E-state index is 11.8. The zero-order valence-corrected chi connectivity index (χ0v) is 11.8. The summed E-state index contributed by atoms with van der Waals surface area (Å²) in [6.07, 6.45) is 9.46. The first-order valence-electron chi connectivity index (χ1n) is 6.73. The van der Waals surface area contributed by atoms with Gasteiger partial charge in [0.25, 0.3) is 0 Å². The van der Waals surface area contributed by atoms with Crippen LogP contribution in [0.15, 0.2) is 0 Å². The summed E-state index contributed by atoms with van der Waals surface area (Å²) < 4.78 is 0. The van der Waals surface area contributed by atoms with Gasteiger partial charge in [-0.15, -0.1) is 6.42 Å². The second kappa shape index (κ2) is 10.2. The molecule has 0 aliphatic carbocycles. The van der Waals surface area contributed by atoms with E-state index in [1.807, 2.05) is 0 Å². The van der Waals surface area contributed by atoms with Gasteiger partial charge >= 0.3 is 12.0 Å². The SMILES string of the molecule is C#CCN(CC(=O)O)C(=O)NCC(CC)CCCC. The molecule has 0 aliphatic heterocycles. The summed E-state index contributed by atoms with van der Waals surface area (Å²) in [5.41, 5.74) is 0. The van der Waals surface area contributed by atoms with Crippen molar-refractivity contribution in [3.05, 3.63) is 0 Å². The van der Waals surface area contributed by atoms with E-state index < -0.39 is 12.0 Å². The molecule has 2 N–H and O–H groups in total. The van der Waals surface area contributed by atoms with Crippen molar-refractivity contribution in [1.29, 1.82) is 0 Å². The molecule has 2 amide bonds. The third-order valence-corrected chi connectivity index (χ3v) is 2.98. The Kier molecular flexibility index (Phi) is 9.33. The quantitative estimate of drug-likeness (QED) is 0.628. The van der Waals surface area contributed by atoms with Crippen LogP contribution in [-0.4, -0.2) is 41.6 Å². The Morgan fingerprint density at radius 1 is 1.42 bits per heavy atom. The minimum Gasteiger partial charge on any atom is -0.480 e. The number of carboxylic acid groups (broad SMARTS) is 1. The molecule has 0 heterocycles. The Morgan fingerprint density at radius 2 is 2.11 bits per heavy atom. The van der Waals surface area contributed by atoms with Crippen LogP contribution in [0.25, 0.3) is 0 Å². The number of rotatable bonds is 9. The van der Waals surface area contributed by atoms with Crippen LogP contribution >= 0.6 is 0 Å². The van der Waals surface area contributed by atoms with Crippen LogP contribution in [-0.2, 0) is 4.79 Å². The number of hydrogen-bond acceptors (Lipinski definition) is 2. The first-order chi connectivity index (χ1) is 9.04. The van der Waals surface area contributed by atoms with Crippen molar-refractivity contribution >= 4 is 12.0 Å². The number of nitrogens with zero attached hydrogens (tertiary/aromatic N) is 1. The number of aliphatic carboxylic acids is 1. The van der Waals surface area contributed by atoms with Crippen LogP contribution in [0.5, 0.6) is 0 Å². The van der Waals surface area contributed by atoms with E-state index in [9.17, 15) is 9.59 Å². The largest absolute Gasteiger partial charge is 0.480 e. The zero-order valence-electron chi connectivity index (χ0n) is 11.8. The number of unbranched alkanes of at least 4 members (excludes halogenated alkanes) is 1. The predicted molar refractivity (Wildman–Crippen MR) is 74.7 cm³/mol. The highest BCUT2D eigenvalue weighted by Gasteiger charge is 2.16. The second-order valence-corrected chi connectivity index (χ2v) is 4.56. The molecule has 0 aromatic heterocycles. The fraction of sp³-hybridized carbons (Fsp3) is 0.714. The lowest BCUT2D eigenvalue weighted by atomic mass is 9.99. The van der Waals surface area contributed by atoms with E-state index in [4.69, 9.17) is 11.5 Å². The summed E-state index contributed by atoms with van der Waals surface area (Å²) in [5, 5.41) is 11.5. The molecule has 5 heteroatoms. The molecule has 5 nitrogen and oxygen atoms in total. The molecule has 0 radical (unpaired) electrons. The Balaban J connectivity index is 4.23. The van der Waals surface area contributed by atoms with Crippen molar-refractivity contribution < 1.29 is 14.7 Å². The van der Waals surface area contributed by atoms with Gasteiger partial charge in [-0.05, 0) is 12.3 Å². The molecule has 1 unspecified atom stereocenters. The minimum atomic E-state index is -1.07. The number of urea groups is 1. The van der Waals surface area contributed by atoms with E-state index in [0.717, 1.165) is 30.6 Å². The number of terminal acetylenes is 1. The van der Waals surface area contributed by atoms with Crippen LogP contribution in [0.1, 0.15) is 39.5 Å². The van der Waals surface area contributed by atoms with E-state index >= 15 is 0 Å². The number of nitrogens with one attached hydrogen (secondary N) is 1. The summed E-state index contributed by atoms with van der Waals surface area (Å²) >= 11 is 0. The van der Waals surface area contributed by atoms with Gasteiger partial charge in [0.2, 0.25) is 0 Å². The predicted octanol–water partition coefficient (Wildman–Crippen LogP) is 1.93. The molecule has 0 aromatic rings. The lowest BCUT2D eigenvalue weighted by Crippen LogP contribution is -2.44. The van der Waals surface area contributed by atoms with Crippen molar-refractivity contribution in [2.75, 3.05) is 19.6 Å². The maximum Gasteiger partial charge on any atom is 0.323 e. The van der Waals surface area contributed by atoms with E-state index in [1.54, 1.807) is 0 Å². The molecule has 0 spiro atoms. The normalized spacial score (nSPS) is 11.4. The Bertz CT molecular complexity index is 323. The minimum absolute atomic E-state index is 0.00385. The van der Waals surface area contributed by atoms with Gasteiger partial charge in [-0.1, -0.05) is 39.0 Å². The lowest BCUT2D eigenvalue weighted by molar-refractivity contribution is -0.137. The molecule has 0 aromatic carbocycles. The molecule has 0 rings (SSSR count). The van der Waals surface area contributed by atoms with Gasteiger partial charge in [0, 0.05) is 6.54 Å². The molecule has 0 aliphatic rings. The summed E-state index contributed by atoms with van der Waals surface area (Å²) in [6, 6.07) is -0.407. The van der Waals surface area contributed by atoms with E-state index in [2.05, 4.69) is 25.1 Å². The van der Waals surface area contributed by atoms with Crippen molar-refractivity contribution in [2.24, 2.45) is 5.92 Å². The van der Waals surface area contributed by atoms with Crippen LogP contribution in [0, 0.1) is 18.3 Å². The van der Waals surface area contributed by atoms with Gasteiger partial charge in [0.15, 0.2) is 0 Å². The summed E-state index contributed by atoms with van der Waals surface area (Å²) in [4.78, 5) is 23.6. The number of carbonyl (C=O) groups is 2. The van der Waals surface area contributed by atoms with Gasteiger partial charge in [0.1, 0.15) is 6.54 Å². The smallest absolute Gasteiger partial charge is 0.323 e. The van der Waals surface area contributed by atoms with Gasteiger partial charge < -0.3 is 15.3 Å². The average Bonchev–Trinajstić information content (AvgIpc) is 2.37. The fourth-order valence-electron chi connectivity index (χ4n) is 1.76. The van der Waals surface area contributed by atoms with Gasteiger partial charge in [-0.3, -0.25) is 4.79 Å². The standard InChI is InChI=1S/C14H24N2O3/c1-4-7-8-12(6-3)10-15-14(19)16(9-5-2)11-13(17)18/h2,12H,4,6-11H2,1,3H3,(H,15,19)(H,17,18). The van der Waals surface area contributed by atoms with Crippen molar-refractivity contribution in [1.82, 2.24) is 10.2 Å². The molecular formula is C14H24N2O3. The van der Waals surface area contributed by atoms with Crippen LogP contribution in [0.4, 0.5) is 4.79 Å². The van der Waals surface area contributed by atoms with Crippen LogP contribution in [0.3, 0.4) is 0 Å². The van der Waals surface area contributed by atoms with Crippen molar-refractivity contribution in [3.8, 4) is 12.3 Å². The molecule has 108 valence electrons. The molecule has 0 saturated heterocycles. The first kappa shape index (κ1) is 17.3. The Morgan fingerprint density at radius 3 is 2.58 bits per heavy atom. The number of carboxylic acids is 1. The first-order valence-corrected chi connectivity index (χ1v) is 6.73. The Hall–Kier alpha value is -1.70. The van der Waals surface area contributed by atoms with E-state index in [-0.39, 0.29) is 13.1 Å². The molecule has 0 bridgehead atoms. The zero-order chi connectivity index (χ0) is 14.7. The highest BCUT2D eigenvalue weighted by molar-refractivity contribution is 5.80. The second-order valence-electron chi connectivity index (χ2n) is 4.56. The molecule has 1 atom stereocenters. The molecule has 0 saturated carbocycles. The highest BCUT2D eigenvalue weighted by Crippen LogP contribution is 2.11. The third kappa shape index (κ3) is 8.09. The van der Waals surface area contributed by atoms with E-state index in [1.165, 1.54) is 0 Å². The van der Waals surface area contributed by atoms with Gasteiger partial charge in [-0.2, -0.15) is 0 Å². The van der Waals surface area contributed by atoms with Crippen molar-refractivity contribution in [3.63, 3.8) is 0 Å². The summed E-state index contributed by atoms with van der Waals surface area (Å²) in [6.45, 7) is 4.41. The third-order valence-electron chi connectivity index (χ3n) is 2.98. The van der Waals surface area contributed by atoms with Crippen LogP contribution < -0.4 is 5.32 Å². The summed E-state index contributed by atoms with van der Waals surface area (Å²) in [5.74, 6) is 1.66. The van der Waals surface area contributed by atoms with Crippen LogP contribution in [0.2, 0.25) is 0 Å². The lowest BCUT2D eigenvalue weighted by Gasteiger charge is -2.21. The summed E-state index contributed by atoms with van der Waals surface area (Å²) in [7, 11) is 0. The molecule has 19 heavy (non-hydrogen) atoms. The van der Waals surface area contributed by atoms with Gasteiger partial charge in [0.05, 0.1) is 6.54 Å². The molecule has 0 fully saturated rings. The van der Waals surface area contributed by atoms with E-state index in [0.29, 0.717) is 12.5 Å². The Labute approximate surface area is 115 Å². The van der Waals surface area contributed by atoms with Crippen molar-refractivity contribution in [2.45, 2.75) is 39.5 Å². The highest BCUT2D eigenvalue weighted by atomic mass is 16.4. The number of carbonyl (C=O) groups excluding carboxylic acids is 1. The number of hydrogen-bond donors (Lipinski definition) is 2. The topological polar surface area (TPSA) is 69.6 Å². The molecular weight excluding hydrogens is 244 g/mol.